The number of benzene rings is 1. The van der Waals surface area contributed by atoms with E-state index >= 15 is 0 Å². The first-order chi connectivity index (χ1) is 7.69. The lowest BCUT2D eigenvalue weighted by molar-refractivity contribution is -0.116. The Morgan fingerprint density at radius 1 is 1.41 bits per heavy atom. The highest BCUT2D eigenvalue weighted by Crippen LogP contribution is 2.39. The molecule has 0 fully saturated rings. The zero-order valence-electron chi connectivity index (χ0n) is 8.52. The molecule has 0 aliphatic carbocycles. The van der Waals surface area contributed by atoms with Crippen molar-refractivity contribution in [2.45, 2.75) is 22.2 Å². The third-order valence-electron chi connectivity index (χ3n) is 1.78. The molecule has 0 bridgehead atoms. The molecule has 0 aromatic heterocycles. The Hall–Kier alpha value is 0.240. The number of alkyl halides is 4. The molecule has 1 unspecified atom stereocenters. The van der Waals surface area contributed by atoms with Crippen LogP contribution < -0.4 is 0 Å². The van der Waals surface area contributed by atoms with Gasteiger partial charge >= 0.3 is 5.51 Å². The van der Waals surface area contributed by atoms with E-state index < -0.39 is 10.3 Å². The fourth-order valence-electron chi connectivity index (χ4n) is 1.16. The lowest BCUT2D eigenvalue weighted by atomic mass is 10.1. The lowest BCUT2D eigenvalue weighted by Gasteiger charge is -2.11. The van der Waals surface area contributed by atoms with Crippen LogP contribution in [-0.4, -0.2) is 11.3 Å². The van der Waals surface area contributed by atoms with Gasteiger partial charge in [0.1, 0.15) is 5.78 Å². The number of hydrogen-bond donors (Lipinski definition) is 0. The molecule has 1 rings (SSSR count). The van der Waals surface area contributed by atoms with Crippen molar-refractivity contribution in [2.75, 3.05) is 0 Å². The van der Waals surface area contributed by atoms with Gasteiger partial charge in [0.05, 0.1) is 4.83 Å². The number of Topliss-reactive ketones (excluding diaryl/α,β-unsaturated/α-hetero) is 1. The van der Waals surface area contributed by atoms with Crippen molar-refractivity contribution in [3.05, 3.63) is 27.3 Å². The summed E-state index contributed by atoms with van der Waals surface area (Å²) in [6.07, 6.45) is 0. The fourth-order valence-corrected chi connectivity index (χ4v) is 2.98. The zero-order valence-corrected chi connectivity index (χ0v) is 13.1. The summed E-state index contributed by atoms with van der Waals surface area (Å²) in [5.41, 5.74) is -3.78. The molecule has 0 N–H and O–H groups in total. The smallest absolute Gasteiger partial charge is 0.298 e. The Morgan fingerprint density at radius 2 is 2.00 bits per heavy atom. The molecule has 0 spiro atoms. The second-order valence-electron chi connectivity index (χ2n) is 3.24. The van der Waals surface area contributed by atoms with Crippen LogP contribution in [0.15, 0.2) is 23.1 Å². The molecule has 17 heavy (non-hydrogen) atoms. The van der Waals surface area contributed by atoms with E-state index in [0.717, 1.165) is 0 Å². The Labute approximate surface area is 123 Å². The minimum atomic E-state index is -4.32. The average molecular weight is 439 g/mol. The SMILES string of the molecule is CC(=O)C(Br)c1cc(I)cc(SC(F)(F)F)c1. The molecular formula is C10H7BrF3IOS. The highest BCUT2D eigenvalue weighted by Gasteiger charge is 2.29. The van der Waals surface area contributed by atoms with Crippen LogP contribution in [0.2, 0.25) is 0 Å². The molecular weight excluding hydrogens is 432 g/mol. The van der Waals surface area contributed by atoms with Crippen molar-refractivity contribution in [3.8, 4) is 0 Å². The average Bonchev–Trinajstić information content (AvgIpc) is 2.12. The van der Waals surface area contributed by atoms with Crippen LogP contribution in [0.1, 0.15) is 17.3 Å². The summed E-state index contributed by atoms with van der Waals surface area (Å²) >= 11 is 4.90. The number of thioether (sulfide) groups is 1. The van der Waals surface area contributed by atoms with Gasteiger partial charge in [-0.15, -0.1) is 0 Å². The molecule has 0 heterocycles. The van der Waals surface area contributed by atoms with Gasteiger partial charge in [-0.3, -0.25) is 4.79 Å². The first kappa shape index (κ1) is 15.3. The van der Waals surface area contributed by atoms with Gasteiger partial charge < -0.3 is 0 Å². The molecule has 1 nitrogen and oxygen atoms in total. The van der Waals surface area contributed by atoms with Gasteiger partial charge in [-0.2, -0.15) is 13.2 Å². The first-order valence-electron chi connectivity index (χ1n) is 4.40. The van der Waals surface area contributed by atoms with E-state index in [1.54, 1.807) is 6.07 Å². The van der Waals surface area contributed by atoms with Gasteiger partial charge in [0.2, 0.25) is 0 Å². The molecule has 94 valence electrons. The van der Waals surface area contributed by atoms with Crippen molar-refractivity contribution in [1.29, 1.82) is 0 Å². The number of ketones is 1. The minimum absolute atomic E-state index is 0.0881. The molecule has 1 aromatic rings. The van der Waals surface area contributed by atoms with Crippen LogP contribution in [0.3, 0.4) is 0 Å². The molecule has 0 aliphatic rings. The Morgan fingerprint density at radius 3 is 2.47 bits per heavy atom. The predicted octanol–water partition coefficient (Wildman–Crippen LogP) is 4.93. The first-order valence-corrected chi connectivity index (χ1v) is 7.21. The van der Waals surface area contributed by atoms with E-state index in [-0.39, 0.29) is 22.4 Å². The number of rotatable bonds is 3. The maximum atomic E-state index is 12.2. The summed E-state index contributed by atoms with van der Waals surface area (Å²) < 4.78 is 37.4. The summed E-state index contributed by atoms with van der Waals surface area (Å²) in [6.45, 7) is 1.38. The molecule has 0 saturated carbocycles. The monoisotopic (exact) mass is 438 g/mol. The highest BCUT2D eigenvalue weighted by molar-refractivity contribution is 14.1. The van der Waals surface area contributed by atoms with Crippen molar-refractivity contribution in [3.63, 3.8) is 0 Å². The van der Waals surface area contributed by atoms with Crippen LogP contribution in [0, 0.1) is 3.57 Å². The Balaban J connectivity index is 3.06. The van der Waals surface area contributed by atoms with Crippen molar-refractivity contribution in [1.82, 2.24) is 0 Å². The van der Waals surface area contributed by atoms with Crippen LogP contribution in [0.25, 0.3) is 0 Å². The molecule has 1 atom stereocenters. The Kier molecular flexibility index (Phi) is 5.33. The highest BCUT2D eigenvalue weighted by atomic mass is 127. The molecule has 7 heteroatoms. The second-order valence-corrected chi connectivity index (χ2v) is 6.54. The molecule has 0 aliphatic heterocycles. The third kappa shape index (κ3) is 5.17. The zero-order chi connectivity index (χ0) is 13.2. The minimum Gasteiger partial charge on any atom is -0.298 e. The molecule has 0 radical (unpaired) electrons. The van der Waals surface area contributed by atoms with E-state index in [1.807, 2.05) is 22.6 Å². The van der Waals surface area contributed by atoms with Crippen LogP contribution >= 0.6 is 50.3 Å². The number of carbonyl (C=O) groups is 1. The summed E-state index contributed by atoms with van der Waals surface area (Å²) in [5, 5.41) is 0. The summed E-state index contributed by atoms with van der Waals surface area (Å²) in [5.74, 6) is -0.144. The van der Waals surface area contributed by atoms with E-state index in [9.17, 15) is 18.0 Å². The van der Waals surface area contributed by atoms with Crippen molar-refractivity contribution < 1.29 is 18.0 Å². The molecule has 0 saturated heterocycles. The van der Waals surface area contributed by atoms with Crippen molar-refractivity contribution >= 4 is 56.1 Å². The number of halogens is 5. The Bertz CT molecular complexity index is 436. The van der Waals surface area contributed by atoms with E-state index in [1.165, 1.54) is 19.1 Å². The quantitative estimate of drug-likeness (QED) is 0.378. The standard InChI is InChI=1S/C10H7BrF3IOS/c1-5(16)9(11)6-2-7(15)4-8(3-6)17-10(12,13)14/h2-4,9H,1H3. The normalized spacial score (nSPS) is 13.5. The fraction of sp³-hybridized carbons (Fsp3) is 0.300. The maximum absolute atomic E-state index is 12.2. The van der Waals surface area contributed by atoms with Crippen LogP contribution in [0.5, 0.6) is 0 Å². The topological polar surface area (TPSA) is 17.1 Å². The van der Waals surface area contributed by atoms with Gasteiger partial charge in [-0.1, -0.05) is 15.9 Å². The third-order valence-corrected chi connectivity index (χ3v) is 4.28. The van der Waals surface area contributed by atoms with Gasteiger partial charge in [0.15, 0.2) is 0 Å². The van der Waals surface area contributed by atoms with E-state index in [2.05, 4.69) is 15.9 Å². The van der Waals surface area contributed by atoms with Gasteiger partial charge in [0.25, 0.3) is 0 Å². The van der Waals surface area contributed by atoms with Crippen LogP contribution in [0.4, 0.5) is 13.2 Å². The predicted molar refractivity (Wildman–Crippen MR) is 73.4 cm³/mol. The largest absolute Gasteiger partial charge is 0.446 e. The summed E-state index contributed by atoms with van der Waals surface area (Å²) in [4.78, 5) is 10.7. The van der Waals surface area contributed by atoms with E-state index in [4.69, 9.17) is 0 Å². The number of hydrogen-bond acceptors (Lipinski definition) is 2. The maximum Gasteiger partial charge on any atom is 0.446 e. The molecule has 1 aromatic carbocycles. The van der Waals surface area contributed by atoms with Gasteiger partial charge in [-0.05, 0) is 65.0 Å². The van der Waals surface area contributed by atoms with E-state index in [0.29, 0.717) is 9.13 Å². The van der Waals surface area contributed by atoms with Crippen LogP contribution in [-0.2, 0) is 4.79 Å². The summed E-state index contributed by atoms with van der Waals surface area (Å²) in [7, 11) is 0. The molecule has 0 amide bonds. The number of carbonyl (C=O) groups excluding carboxylic acids is 1. The van der Waals surface area contributed by atoms with Crippen molar-refractivity contribution in [2.24, 2.45) is 0 Å². The van der Waals surface area contributed by atoms with Gasteiger partial charge in [0, 0.05) is 8.47 Å². The lowest BCUT2D eigenvalue weighted by Crippen LogP contribution is -2.03. The van der Waals surface area contributed by atoms with Gasteiger partial charge in [-0.25, -0.2) is 0 Å². The summed E-state index contributed by atoms with van der Waals surface area (Å²) in [6, 6.07) is 4.49. The second kappa shape index (κ2) is 5.92.